The minimum atomic E-state index is -3.71. The zero-order chi connectivity index (χ0) is 25.3. The van der Waals surface area contributed by atoms with Gasteiger partial charge in [-0.25, -0.2) is 25.6 Å². The van der Waals surface area contributed by atoms with Crippen LogP contribution in [0.1, 0.15) is 30.4 Å². The first kappa shape index (κ1) is 25.5. The van der Waals surface area contributed by atoms with Crippen molar-refractivity contribution in [2.24, 2.45) is 0 Å². The molecule has 0 aliphatic heterocycles. The molecule has 8 nitrogen and oxygen atoms in total. The lowest BCUT2D eigenvalue weighted by atomic mass is 9.88. The molecule has 1 unspecified atom stereocenters. The van der Waals surface area contributed by atoms with Gasteiger partial charge >= 0.3 is 6.09 Å². The number of hydrogen-bond donors (Lipinski definition) is 0. The second-order valence-electron chi connectivity index (χ2n) is 8.34. The van der Waals surface area contributed by atoms with Crippen molar-refractivity contribution < 1.29 is 26.4 Å². The van der Waals surface area contributed by atoms with Gasteiger partial charge in [-0.2, -0.15) is 0 Å². The van der Waals surface area contributed by atoms with E-state index < -0.39 is 26.0 Å². The summed E-state index contributed by atoms with van der Waals surface area (Å²) < 4.78 is 55.5. The molecule has 0 spiro atoms. The Hall–Kier alpha value is -3.11. The van der Waals surface area contributed by atoms with Crippen LogP contribution in [0.3, 0.4) is 0 Å². The van der Waals surface area contributed by atoms with Gasteiger partial charge in [0.25, 0.3) is 0 Å². The molecule has 1 atom stereocenters. The van der Waals surface area contributed by atoms with E-state index in [1.807, 2.05) is 30.3 Å². The Balaban J connectivity index is 2.09. The number of hydrogen-bond acceptors (Lipinski definition) is 6. The van der Waals surface area contributed by atoms with Crippen molar-refractivity contribution in [1.82, 2.24) is 8.87 Å². The highest BCUT2D eigenvalue weighted by Crippen LogP contribution is 2.34. The third kappa shape index (κ3) is 5.68. The molecule has 0 fully saturated rings. The number of rotatable bonds is 8. The number of nitrogens with zero attached hydrogens (tertiary/aromatic N) is 2. The molecule has 1 aromatic heterocycles. The lowest BCUT2D eigenvalue weighted by Gasteiger charge is -2.23. The fourth-order valence-electron chi connectivity index (χ4n) is 3.83. The zero-order valence-corrected chi connectivity index (χ0v) is 21.2. The molecule has 0 radical (unpaired) electrons. The normalized spacial score (nSPS) is 12.9. The summed E-state index contributed by atoms with van der Waals surface area (Å²) in [4.78, 5) is 13.6. The Bertz CT molecular complexity index is 1440. The first-order valence-electron chi connectivity index (χ1n) is 10.5. The molecular weight excluding hydrogens is 476 g/mol. The summed E-state index contributed by atoms with van der Waals surface area (Å²) in [6.45, 7) is 5.54. The average molecular weight is 505 g/mol. The predicted octanol–water partition coefficient (Wildman–Crippen LogP) is 3.98. The number of aromatic nitrogens is 1. The van der Waals surface area contributed by atoms with Gasteiger partial charge in [-0.15, -0.1) is 0 Å². The van der Waals surface area contributed by atoms with Crippen LogP contribution in [0.25, 0.3) is 10.9 Å². The Labute approximate surface area is 200 Å². The highest BCUT2D eigenvalue weighted by molar-refractivity contribution is 7.91. The van der Waals surface area contributed by atoms with Crippen LogP contribution >= 0.6 is 0 Å². The van der Waals surface area contributed by atoms with Crippen LogP contribution in [0, 0.1) is 0 Å². The molecule has 2 aromatic carbocycles. The zero-order valence-electron chi connectivity index (χ0n) is 19.6. The third-order valence-electron chi connectivity index (χ3n) is 5.45. The maximum atomic E-state index is 12.4. The van der Waals surface area contributed by atoms with E-state index in [-0.39, 0.29) is 10.8 Å². The number of allylic oxidation sites excluding steroid dienone is 1. The van der Waals surface area contributed by atoms with E-state index in [1.54, 1.807) is 32.2 Å². The molecule has 0 aliphatic carbocycles. The van der Waals surface area contributed by atoms with Crippen LogP contribution in [-0.4, -0.2) is 57.9 Å². The maximum absolute atomic E-state index is 12.4. The largest absolute Gasteiger partial charge is 0.416 e. The lowest BCUT2D eigenvalue weighted by Crippen LogP contribution is -2.29. The second-order valence-corrected chi connectivity index (χ2v) is 12.2. The Morgan fingerprint density at radius 1 is 1.06 bits per heavy atom. The summed E-state index contributed by atoms with van der Waals surface area (Å²) in [5.41, 5.74) is 2.07. The number of amides is 1. The number of carbonyl (C=O) groups is 1. The van der Waals surface area contributed by atoms with Crippen molar-refractivity contribution in [3.05, 3.63) is 78.2 Å². The predicted molar refractivity (Wildman–Crippen MR) is 132 cm³/mol. The highest BCUT2D eigenvalue weighted by Gasteiger charge is 2.24. The maximum Gasteiger partial charge on any atom is 0.414 e. The summed E-state index contributed by atoms with van der Waals surface area (Å²) in [7, 11) is -5.77. The molecule has 34 heavy (non-hydrogen) atoms. The first-order chi connectivity index (χ1) is 15.8. The molecule has 0 N–H and O–H groups in total. The number of sulfone groups is 1. The van der Waals surface area contributed by atoms with Gasteiger partial charge < -0.3 is 9.64 Å². The van der Waals surface area contributed by atoms with Crippen molar-refractivity contribution in [3.8, 4) is 0 Å². The molecule has 1 amide bonds. The van der Waals surface area contributed by atoms with Gasteiger partial charge in [-0.3, -0.25) is 0 Å². The minimum absolute atomic E-state index is 0.0521. The number of fused-ring (bicyclic) bond motifs is 1. The fraction of sp³-hybridized carbons (Fsp3) is 0.292. The van der Waals surface area contributed by atoms with Crippen LogP contribution in [0.15, 0.2) is 72.0 Å². The quantitative estimate of drug-likeness (QED) is 0.430. The van der Waals surface area contributed by atoms with Gasteiger partial charge in [-0.1, -0.05) is 43.0 Å². The fourth-order valence-corrected chi connectivity index (χ4v) is 5.57. The molecule has 3 aromatic rings. The van der Waals surface area contributed by atoms with Crippen LogP contribution in [-0.2, 0) is 24.6 Å². The number of carbonyl (C=O) groups excluding carboxylic acids is 1. The van der Waals surface area contributed by atoms with Gasteiger partial charge in [0.2, 0.25) is 10.0 Å². The topological polar surface area (TPSA) is 103 Å². The highest BCUT2D eigenvalue weighted by atomic mass is 32.2. The van der Waals surface area contributed by atoms with Crippen LogP contribution in [0.4, 0.5) is 4.79 Å². The SMILES string of the molecule is C=C(C)OC(=O)N(C)CCC(c1ccccc1)c1ccc2c(c1)c(S(C)(=O)=O)cn2S(C)(=O)=O. The van der Waals surface area contributed by atoms with E-state index in [2.05, 4.69) is 6.58 Å². The molecule has 0 saturated carbocycles. The van der Waals surface area contributed by atoms with E-state index in [4.69, 9.17) is 4.74 Å². The summed E-state index contributed by atoms with van der Waals surface area (Å²) in [5.74, 6) is 0.116. The monoisotopic (exact) mass is 504 g/mol. The Morgan fingerprint density at radius 3 is 2.26 bits per heavy atom. The Morgan fingerprint density at radius 2 is 1.71 bits per heavy atom. The lowest BCUT2D eigenvalue weighted by molar-refractivity contribution is 0.138. The molecule has 182 valence electrons. The standard InChI is InChI=1S/C24H28N2O6S2/c1-17(2)32-24(27)25(3)14-13-20(18-9-7-6-8-10-18)19-11-12-22-21(15-19)23(33(4,28)29)16-26(22)34(5,30)31/h6-12,15-16,20H,1,13-14H2,2-5H3. The summed E-state index contributed by atoms with van der Waals surface area (Å²) in [6, 6.07) is 14.8. The van der Waals surface area contributed by atoms with E-state index in [0.29, 0.717) is 29.6 Å². The summed E-state index contributed by atoms with van der Waals surface area (Å²) in [6.07, 6.45) is 3.24. The molecular formula is C24H28N2O6S2. The smallest absolute Gasteiger partial charge is 0.414 e. The van der Waals surface area contributed by atoms with Crippen LogP contribution < -0.4 is 0 Å². The van der Waals surface area contributed by atoms with Gasteiger partial charge in [-0.05, 0) is 36.6 Å². The number of benzene rings is 2. The van der Waals surface area contributed by atoms with Crippen LogP contribution in [0.2, 0.25) is 0 Å². The van der Waals surface area contributed by atoms with E-state index in [1.165, 1.54) is 4.90 Å². The van der Waals surface area contributed by atoms with Gasteiger partial charge in [0, 0.05) is 37.3 Å². The molecule has 1 heterocycles. The minimum Gasteiger partial charge on any atom is -0.416 e. The van der Waals surface area contributed by atoms with Crippen molar-refractivity contribution >= 4 is 36.9 Å². The van der Waals surface area contributed by atoms with Crippen molar-refractivity contribution in [2.75, 3.05) is 26.1 Å². The first-order valence-corrected chi connectivity index (χ1v) is 14.2. The van der Waals surface area contributed by atoms with Gasteiger partial charge in [0.15, 0.2) is 9.84 Å². The third-order valence-corrected chi connectivity index (χ3v) is 7.59. The second kappa shape index (κ2) is 9.63. The number of ether oxygens (including phenoxy) is 1. The molecule has 0 bridgehead atoms. The molecule has 3 rings (SSSR count). The van der Waals surface area contributed by atoms with E-state index in [0.717, 1.165) is 33.8 Å². The average Bonchev–Trinajstić information content (AvgIpc) is 3.14. The van der Waals surface area contributed by atoms with E-state index in [9.17, 15) is 21.6 Å². The molecule has 10 heteroatoms. The van der Waals surface area contributed by atoms with Gasteiger partial charge in [0.1, 0.15) is 0 Å². The summed E-state index contributed by atoms with van der Waals surface area (Å²) >= 11 is 0. The van der Waals surface area contributed by atoms with Crippen molar-refractivity contribution in [1.29, 1.82) is 0 Å². The van der Waals surface area contributed by atoms with Crippen LogP contribution in [0.5, 0.6) is 0 Å². The van der Waals surface area contributed by atoms with Crippen molar-refractivity contribution in [3.63, 3.8) is 0 Å². The molecule has 0 saturated heterocycles. The summed E-state index contributed by atoms with van der Waals surface area (Å²) in [5, 5.41) is 0.335. The van der Waals surface area contributed by atoms with Crippen molar-refractivity contribution in [2.45, 2.75) is 24.2 Å². The molecule has 0 aliphatic rings. The van der Waals surface area contributed by atoms with Gasteiger partial charge in [0.05, 0.1) is 22.4 Å². The van der Waals surface area contributed by atoms with E-state index >= 15 is 0 Å². The Kier molecular flexibility index (Phi) is 7.23.